The van der Waals surface area contributed by atoms with Crippen LogP contribution in [0.25, 0.3) is 0 Å². The average Bonchev–Trinajstić information content (AvgIpc) is 2.65. The monoisotopic (exact) mass is 383 g/mol. The zero-order valence-corrected chi connectivity index (χ0v) is 14.9. The van der Waals surface area contributed by atoms with Crippen LogP contribution < -0.4 is 11.1 Å². The van der Waals surface area contributed by atoms with Crippen molar-refractivity contribution in [2.24, 2.45) is 5.73 Å². The average molecular weight is 383 g/mol. The summed E-state index contributed by atoms with van der Waals surface area (Å²) in [6.07, 6.45) is 1.62. The second-order valence-electron chi connectivity index (χ2n) is 5.79. The second kappa shape index (κ2) is 8.77. The van der Waals surface area contributed by atoms with Crippen molar-refractivity contribution >= 4 is 27.8 Å². The Labute approximate surface area is 151 Å². The van der Waals surface area contributed by atoms with Crippen LogP contribution in [0.4, 0.5) is 0 Å². The lowest BCUT2D eigenvalue weighted by Crippen LogP contribution is -2.49. The van der Waals surface area contributed by atoms with Crippen LogP contribution in [0.15, 0.2) is 35.2 Å². The highest BCUT2D eigenvalue weighted by atomic mass is 32.2. The Hall–Kier alpha value is -2.46. The molecule has 26 heavy (non-hydrogen) atoms. The number of piperidine rings is 1. The van der Waals surface area contributed by atoms with Crippen molar-refractivity contribution in [1.82, 2.24) is 9.62 Å². The Bertz CT molecular complexity index is 765. The van der Waals surface area contributed by atoms with E-state index in [1.54, 1.807) is 18.2 Å². The Morgan fingerprint density at radius 2 is 1.88 bits per heavy atom. The summed E-state index contributed by atoms with van der Waals surface area (Å²) in [7, 11) is -3.85. The highest BCUT2D eigenvalue weighted by Gasteiger charge is 2.38. The van der Waals surface area contributed by atoms with E-state index in [4.69, 9.17) is 10.5 Å². The normalized spacial score (nSPS) is 18.1. The third-order valence-electron chi connectivity index (χ3n) is 3.88. The number of amides is 2. The molecule has 0 unspecified atom stereocenters. The molecule has 0 aliphatic carbocycles. The maximum absolute atomic E-state index is 12.8. The van der Waals surface area contributed by atoms with E-state index in [-0.39, 0.29) is 18.0 Å². The van der Waals surface area contributed by atoms with E-state index in [0.717, 1.165) is 4.31 Å². The standard InChI is InChI=1S/C16H21N3O6S/c17-14(20)10-18-15(21)11-25-16(22)13-8-4-5-9-19(13)26(23,24)12-6-2-1-3-7-12/h1-3,6-7,13H,4-5,8-11H2,(H2,17,20)(H,18,21)/t13-/m1/s1. The van der Waals surface area contributed by atoms with E-state index < -0.39 is 40.5 Å². The van der Waals surface area contributed by atoms with Gasteiger partial charge < -0.3 is 15.8 Å². The van der Waals surface area contributed by atoms with E-state index in [9.17, 15) is 22.8 Å². The Morgan fingerprint density at radius 1 is 1.19 bits per heavy atom. The Balaban J connectivity index is 2.05. The van der Waals surface area contributed by atoms with Gasteiger partial charge in [0.1, 0.15) is 6.04 Å². The first-order valence-electron chi connectivity index (χ1n) is 8.11. The molecule has 1 fully saturated rings. The molecule has 0 aromatic heterocycles. The molecule has 2 amide bonds. The minimum atomic E-state index is -3.85. The first kappa shape index (κ1) is 19.9. The summed E-state index contributed by atoms with van der Waals surface area (Å²) >= 11 is 0. The summed E-state index contributed by atoms with van der Waals surface area (Å²) in [6.45, 7) is -0.777. The van der Waals surface area contributed by atoms with E-state index in [1.165, 1.54) is 12.1 Å². The SMILES string of the molecule is NC(=O)CNC(=O)COC(=O)[C@H]1CCCCN1S(=O)(=O)c1ccccc1. The number of sulfonamides is 1. The molecule has 1 saturated heterocycles. The third-order valence-corrected chi connectivity index (χ3v) is 5.80. The second-order valence-corrected chi connectivity index (χ2v) is 7.68. The van der Waals surface area contributed by atoms with Gasteiger partial charge in [0.15, 0.2) is 6.61 Å². The van der Waals surface area contributed by atoms with Crippen LogP contribution in [0.3, 0.4) is 0 Å². The number of carbonyl (C=O) groups excluding carboxylic acids is 3. The fourth-order valence-electron chi connectivity index (χ4n) is 2.63. The summed E-state index contributed by atoms with van der Waals surface area (Å²) in [5, 5.41) is 2.19. The first-order chi connectivity index (χ1) is 12.3. The third kappa shape index (κ3) is 5.02. The van der Waals surface area contributed by atoms with Gasteiger partial charge in [0.2, 0.25) is 15.9 Å². The van der Waals surface area contributed by atoms with Gasteiger partial charge in [-0.2, -0.15) is 4.31 Å². The van der Waals surface area contributed by atoms with E-state index >= 15 is 0 Å². The molecule has 1 aliphatic rings. The van der Waals surface area contributed by atoms with Gasteiger partial charge in [0.25, 0.3) is 5.91 Å². The van der Waals surface area contributed by atoms with Crippen molar-refractivity contribution in [3.05, 3.63) is 30.3 Å². The number of hydrogen-bond donors (Lipinski definition) is 2. The fraction of sp³-hybridized carbons (Fsp3) is 0.438. The van der Waals surface area contributed by atoms with E-state index in [1.807, 2.05) is 0 Å². The number of ether oxygens (including phenoxy) is 1. The van der Waals surface area contributed by atoms with Crippen molar-refractivity contribution in [2.45, 2.75) is 30.2 Å². The quantitative estimate of drug-likeness (QED) is 0.602. The lowest BCUT2D eigenvalue weighted by atomic mass is 10.1. The molecule has 3 N–H and O–H groups in total. The lowest BCUT2D eigenvalue weighted by Gasteiger charge is -2.32. The number of esters is 1. The zero-order valence-electron chi connectivity index (χ0n) is 14.1. The van der Waals surface area contributed by atoms with E-state index in [2.05, 4.69) is 5.32 Å². The maximum Gasteiger partial charge on any atom is 0.324 e. The van der Waals surface area contributed by atoms with Crippen LogP contribution in [0, 0.1) is 0 Å². The molecule has 9 nitrogen and oxygen atoms in total. The molecule has 10 heteroatoms. The van der Waals surface area contributed by atoms with Crippen molar-refractivity contribution in [2.75, 3.05) is 19.7 Å². The van der Waals surface area contributed by atoms with Crippen LogP contribution in [-0.4, -0.2) is 56.2 Å². The predicted molar refractivity (Wildman–Crippen MR) is 91.1 cm³/mol. The van der Waals surface area contributed by atoms with Crippen LogP contribution in [0.1, 0.15) is 19.3 Å². The van der Waals surface area contributed by atoms with Gasteiger partial charge in [-0.05, 0) is 31.4 Å². The summed E-state index contributed by atoms with van der Waals surface area (Å²) in [6, 6.07) is 6.84. The van der Waals surface area contributed by atoms with Crippen molar-refractivity contribution in [3.63, 3.8) is 0 Å². The molecular weight excluding hydrogens is 362 g/mol. The van der Waals surface area contributed by atoms with Gasteiger partial charge in [0.05, 0.1) is 11.4 Å². The molecule has 0 radical (unpaired) electrons. The van der Waals surface area contributed by atoms with Gasteiger partial charge in [-0.3, -0.25) is 14.4 Å². The number of nitrogens with zero attached hydrogens (tertiary/aromatic N) is 1. The van der Waals surface area contributed by atoms with E-state index in [0.29, 0.717) is 19.3 Å². The number of hydrogen-bond acceptors (Lipinski definition) is 6. The minimum Gasteiger partial charge on any atom is -0.454 e. The van der Waals surface area contributed by atoms with Crippen LogP contribution >= 0.6 is 0 Å². The van der Waals surface area contributed by atoms with Crippen molar-refractivity contribution in [3.8, 4) is 0 Å². The first-order valence-corrected chi connectivity index (χ1v) is 9.55. The molecule has 1 aliphatic heterocycles. The highest BCUT2D eigenvalue weighted by molar-refractivity contribution is 7.89. The smallest absolute Gasteiger partial charge is 0.324 e. The fourth-order valence-corrected chi connectivity index (χ4v) is 4.29. The minimum absolute atomic E-state index is 0.0962. The zero-order chi connectivity index (χ0) is 19.2. The van der Waals surface area contributed by atoms with Gasteiger partial charge in [-0.15, -0.1) is 0 Å². The number of carbonyl (C=O) groups is 3. The number of primary amides is 1. The van der Waals surface area contributed by atoms with Crippen molar-refractivity contribution in [1.29, 1.82) is 0 Å². The van der Waals surface area contributed by atoms with Crippen LogP contribution in [0.5, 0.6) is 0 Å². The van der Waals surface area contributed by atoms with Crippen LogP contribution in [-0.2, 0) is 29.1 Å². The topological polar surface area (TPSA) is 136 Å². The molecular formula is C16H21N3O6S. The molecule has 1 heterocycles. The van der Waals surface area contributed by atoms with Gasteiger partial charge >= 0.3 is 5.97 Å². The molecule has 0 bridgehead atoms. The number of nitrogens with two attached hydrogens (primary N) is 1. The van der Waals surface area contributed by atoms with Crippen LogP contribution in [0.2, 0.25) is 0 Å². The molecule has 1 aromatic rings. The Morgan fingerprint density at radius 3 is 2.54 bits per heavy atom. The Kier molecular flexibility index (Phi) is 6.70. The lowest BCUT2D eigenvalue weighted by molar-refractivity contribution is -0.153. The molecule has 2 rings (SSSR count). The maximum atomic E-state index is 12.8. The molecule has 1 atom stereocenters. The molecule has 0 saturated carbocycles. The predicted octanol–water partition coefficient (Wildman–Crippen LogP) is -0.625. The highest BCUT2D eigenvalue weighted by Crippen LogP contribution is 2.26. The molecule has 142 valence electrons. The number of rotatable bonds is 7. The summed E-state index contributed by atoms with van der Waals surface area (Å²) in [5.74, 6) is -2.21. The summed E-state index contributed by atoms with van der Waals surface area (Å²) < 4.78 is 31.7. The number of nitrogens with one attached hydrogen (secondary N) is 1. The summed E-state index contributed by atoms with van der Waals surface area (Å²) in [5.41, 5.74) is 4.90. The number of benzene rings is 1. The summed E-state index contributed by atoms with van der Waals surface area (Å²) in [4.78, 5) is 34.5. The molecule has 0 spiro atoms. The largest absolute Gasteiger partial charge is 0.454 e. The van der Waals surface area contributed by atoms with Gasteiger partial charge in [0, 0.05) is 6.54 Å². The van der Waals surface area contributed by atoms with Gasteiger partial charge in [-0.1, -0.05) is 18.2 Å². The molecule has 1 aromatic carbocycles. The van der Waals surface area contributed by atoms with Gasteiger partial charge in [-0.25, -0.2) is 8.42 Å². The van der Waals surface area contributed by atoms with Crippen molar-refractivity contribution < 1.29 is 27.5 Å².